The molecule has 0 aliphatic rings. The molecule has 136 valence electrons. The molecule has 2 aromatic rings. The number of carbonyl (C=O) groups excluding carboxylic acids is 1. The van der Waals surface area contributed by atoms with Gasteiger partial charge < -0.3 is 9.94 Å². The molecule has 0 aromatic heterocycles. The van der Waals surface area contributed by atoms with Gasteiger partial charge in [-0.1, -0.05) is 46.6 Å². The summed E-state index contributed by atoms with van der Waals surface area (Å²) in [4.78, 5) is 22.5. The van der Waals surface area contributed by atoms with Crippen molar-refractivity contribution in [3.05, 3.63) is 73.8 Å². The molecular weight excluding hydrogens is 383 g/mol. The quantitative estimate of drug-likeness (QED) is 0.256. The summed E-state index contributed by atoms with van der Waals surface area (Å²) in [5.41, 5.74) is 0.942. The van der Waals surface area contributed by atoms with E-state index < -0.39 is 16.8 Å². The number of nitrogens with zero attached hydrogens (tertiary/aromatic N) is 2. The molecule has 2 rings (SSSR count). The molecule has 2 aromatic carbocycles. The Bertz CT molecular complexity index is 853. The maximum Gasteiger partial charge on any atom is 0.313 e. The average Bonchev–Trinajstić information content (AvgIpc) is 2.63. The van der Waals surface area contributed by atoms with Crippen LogP contribution in [0.1, 0.15) is 23.5 Å². The summed E-state index contributed by atoms with van der Waals surface area (Å²) >= 11 is 12.0. The van der Waals surface area contributed by atoms with E-state index >= 15 is 0 Å². The van der Waals surface area contributed by atoms with Gasteiger partial charge in [0.1, 0.15) is 0 Å². The molecule has 0 radical (unpaired) electrons. The van der Waals surface area contributed by atoms with Crippen molar-refractivity contribution in [2.24, 2.45) is 5.16 Å². The lowest BCUT2D eigenvalue weighted by molar-refractivity contribution is -0.384. The fourth-order valence-corrected chi connectivity index (χ4v) is 2.95. The summed E-state index contributed by atoms with van der Waals surface area (Å²) < 4.78 is 4.81. The topological polar surface area (TPSA) is 102 Å². The van der Waals surface area contributed by atoms with Crippen LogP contribution in [0.15, 0.2) is 47.6 Å². The second-order valence-electron chi connectivity index (χ2n) is 5.30. The van der Waals surface area contributed by atoms with Crippen molar-refractivity contribution in [2.75, 3.05) is 7.11 Å². The zero-order chi connectivity index (χ0) is 19.3. The summed E-state index contributed by atoms with van der Waals surface area (Å²) in [6, 6.07) is 10.1. The Hall–Kier alpha value is -2.64. The van der Waals surface area contributed by atoms with Crippen LogP contribution in [0.5, 0.6) is 0 Å². The van der Waals surface area contributed by atoms with E-state index in [9.17, 15) is 20.1 Å². The molecule has 0 saturated carbocycles. The zero-order valence-corrected chi connectivity index (χ0v) is 15.1. The van der Waals surface area contributed by atoms with E-state index in [2.05, 4.69) is 5.16 Å². The Morgan fingerprint density at radius 1 is 1.27 bits per heavy atom. The van der Waals surface area contributed by atoms with Crippen LogP contribution >= 0.6 is 23.2 Å². The van der Waals surface area contributed by atoms with Gasteiger partial charge in [0.15, 0.2) is 0 Å². The van der Waals surface area contributed by atoms with E-state index in [1.54, 1.807) is 12.1 Å². The number of carbonyl (C=O) groups is 1. The molecule has 1 atom stereocenters. The first-order chi connectivity index (χ1) is 12.4. The van der Waals surface area contributed by atoms with Crippen LogP contribution < -0.4 is 0 Å². The first kappa shape index (κ1) is 19.7. The minimum Gasteiger partial charge on any atom is -0.469 e. The number of hydrogen-bond donors (Lipinski definition) is 1. The minimum absolute atomic E-state index is 0.0255. The third-order valence-electron chi connectivity index (χ3n) is 3.75. The minimum atomic E-state index is -0.835. The van der Waals surface area contributed by atoms with Gasteiger partial charge in [0.2, 0.25) is 0 Å². The van der Waals surface area contributed by atoms with Crippen LogP contribution in [-0.4, -0.2) is 28.9 Å². The maximum absolute atomic E-state index is 12.2. The van der Waals surface area contributed by atoms with E-state index in [1.165, 1.54) is 37.4 Å². The Morgan fingerprint density at radius 2 is 1.92 bits per heavy atom. The summed E-state index contributed by atoms with van der Waals surface area (Å²) in [5, 5.41) is 24.1. The second-order valence-corrected chi connectivity index (χ2v) is 6.14. The summed E-state index contributed by atoms with van der Waals surface area (Å²) in [5.74, 6) is -1.41. The van der Waals surface area contributed by atoms with Crippen LogP contribution in [0.4, 0.5) is 5.69 Å². The molecule has 9 heteroatoms. The molecule has 0 saturated heterocycles. The highest BCUT2D eigenvalue weighted by atomic mass is 35.5. The molecule has 26 heavy (non-hydrogen) atoms. The fraction of sp³-hybridized carbons (Fsp3) is 0.176. The largest absolute Gasteiger partial charge is 0.469 e. The standard InChI is InChI=1S/C17H14Cl2N2O5/c1-26-17(22)14(10-2-5-12(6-3-10)21(24)25)9-16(20-23)13-7-4-11(18)8-15(13)19/h2-8,14,23H,9H2,1H3. The van der Waals surface area contributed by atoms with Crippen LogP contribution in [-0.2, 0) is 9.53 Å². The van der Waals surface area contributed by atoms with Crippen LogP contribution in [0.25, 0.3) is 0 Å². The van der Waals surface area contributed by atoms with Crippen molar-refractivity contribution < 1.29 is 19.7 Å². The molecule has 1 unspecified atom stereocenters. The predicted molar refractivity (Wildman–Crippen MR) is 97.3 cm³/mol. The zero-order valence-electron chi connectivity index (χ0n) is 13.6. The Morgan fingerprint density at radius 3 is 2.42 bits per heavy atom. The van der Waals surface area contributed by atoms with Crippen molar-refractivity contribution in [3.8, 4) is 0 Å². The number of ether oxygens (including phenoxy) is 1. The lowest BCUT2D eigenvalue weighted by Crippen LogP contribution is -2.19. The lowest BCUT2D eigenvalue weighted by Gasteiger charge is -2.16. The van der Waals surface area contributed by atoms with Gasteiger partial charge in [-0.05, 0) is 17.7 Å². The second kappa shape index (κ2) is 8.64. The molecule has 0 spiro atoms. The van der Waals surface area contributed by atoms with Gasteiger partial charge >= 0.3 is 5.97 Å². The van der Waals surface area contributed by atoms with E-state index in [1.807, 2.05) is 0 Å². The van der Waals surface area contributed by atoms with Gasteiger partial charge in [0.05, 0.1) is 28.7 Å². The van der Waals surface area contributed by atoms with Crippen LogP contribution in [0.2, 0.25) is 10.0 Å². The first-order valence-electron chi connectivity index (χ1n) is 7.36. The number of methoxy groups -OCH3 is 1. The number of oxime groups is 1. The highest BCUT2D eigenvalue weighted by Crippen LogP contribution is 2.29. The summed E-state index contributed by atoms with van der Waals surface area (Å²) in [6.07, 6.45) is -0.0255. The van der Waals surface area contributed by atoms with Crippen molar-refractivity contribution >= 4 is 40.6 Å². The molecule has 0 fully saturated rings. The van der Waals surface area contributed by atoms with Gasteiger partial charge in [-0.15, -0.1) is 0 Å². The van der Waals surface area contributed by atoms with Gasteiger partial charge in [0, 0.05) is 29.1 Å². The summed E-state index contributed by atoms with van der Waals surface area (Å²) in [6.45, 7) is 0. The Balaban J connectivity index is 2.37. The van der Waals surface area contributed by atoms with E-state index in [0.717, 1.165) is 0 Å². The highest BCUT2D eigenvalue weighted by molar-refractivity contribution is 6.37. The highest BCUT2D eigenvalue weighted by Gasteiger charge is 2.26. The SMILES string of the molecule is COC(=O)C(CC(=NO)c1ccc(Cl)cc1Cl)c1ccc([N+](=O)[O-])cc1. The fourth-order valence-electron chi connectivity index (χ4n) is 2.43. The number of rotatable bonds is 6. The number of esters is 1. The van der Waals surface area contributed by atoms with Crippen LogP contribution in [0.3, 0.4) is 0 Å². The molecule has 0 aliphatic heterocycles. The van der Waals surface area contributed by atoms with Gasteiger partial charge in [-0.2, -0.15) is 0 Å². The smallest absolute Gasteiger partial charge is 0.313 e. The van der Waals surface area contributed by atoms with Crippen molar-refractivity contribution in [1.29, 1.82) is 0 Å². The number of benzene rings is 2. The molecule has 0 aliphatic carbocycles. The van der Waals surface area contributed by atoms with E-state index in [0.29, 0.717) is 16.1 Å². The van der Waals surface area contributed by atoms with Crippen molar-refractivity contribution in [1.82, 2.24) is 0 Å². The third kappa shape index (κ3) is 4.50. The number of hydrogen-bond acceptors (Lipinski definition) is 6. The van der Waals surface area contributed by atoms with E-state index in [-0.39, 0.29) is 22.8 Å². The number of halogens is 2. The monoisotopic (exact) mass is 396 g/mol. The van der Waals surface area contributed by atoms with Gasteiger partial charge in [-0.3, -0.25) is 14.9 Å². The summed E-state index contributed by atoms with van der Waals surface area (Å²) in [7, 11) is 1.23. The average molecular weight is 397 g/mol. The lowest BCUT2D eigenvalue weighted by atomic mass is 9.91. The van der Waals surface area contributed by atoms with Gasteiger partial charge in [0.25, 0.3) is 5.69 Å². The normalized spacial score (nSPS) is 12.5. The molecule has 0 bridgehead atoms. The number of nitro groups is 1. The number of nitro benzene ring substituents is 1. The Labute approximate surface area is 158 Å². The van der Waals surface area contributed by atoms with Crippen molar-refractivity contribution in [3.63, 3.8) is 0 Å². The molecular formula is C17H14Cl2N2O5. The van der Waals surface area contributed by atoms with E-state index in [4.69, 9.17) is 27.9 Å². The third-order valence-corrected chi connectivity index (χ3v) is 4.30. The van der Waals surface area contributed by atoms with Crippen LogP contribution in [0, 0.1) is 10.1 Å². The molecule has 0 amide bonds. The van der Waals surface area contributed by atoms with Gasteiger partial charge in [-0.25, -0.2) is 0 Å². The molecule has 7 nitrogen and oxygen atoms in total. The van der Waals surface area contributed by atoms with Crippen molar-refractivity contribution in [2.45, 2.75) is 12.3 Å². The molecule has 1 N–H and O–H groups in total. The first-order valence-corrected chi connectivity index (χ1v) is 8.11. The predicted octanol–water partition coefficient (Wildman–Crippen LogP) is 4.43. The Kier molecular flexibility index (Phi) is 6.54. The molecule has 0 heterocycles. The number of non-ortho nitro benzene ring substituents is 1. The maximum atomic E-state index is 12.2.